The van der Waals surface area contributed by atoms with E-state index in [1.165, 1.54) is 32.1 Å². The average Bonchev–Trinajstić information content (AvgIpc) is 3.39. The van der Waals surface area contributed by atoms with Crippen molar-refractivity contribution in [3.05, 3.63) is 11.8 Å². The molecular weight excluding hydrogens is 326 g/mol. The minimum Gasteiger partial charge on any atom is -0.375 e. The van der Waals surface area contributed by atoms with Gasteiger partial charge in [0.2, 0.25) is 5.95 Å². The van der Waals surface area contributed by atoms with Gasteiger partial charge in [-0.1, -0.05) is 6.92 Å². The third kappa shape index (κ3) is 3.18. The molecule has 0 atom stereocenters. The van der Waals surface area contributed by atoms with E-state index in [-0.39, 0.29) is 5.54 Å². The third-order valence-electron chi connectivity index (χ3n) is 6.68. The number of nitrogens with zero attached hydrogens (tertiary/aromatic N) is 2. The number of ether oxygens (including phenoxy) is 1. The lowest BCUT2D eigenvalue weighted by Crippen LogP contribution is -2.69. The van der Waals surface area contributed by atoms with Gasteiger partial charge in [0.1, 0.15) is 5.82 Å². The van der Waals surface area contributed by atoms with Crippen molar-refractivity contribution in [2.45, 2.75) is 95.0 Å². The van der Waals surface area contributed by atoms with E-state index in [2.05, 4.69) is 22.5 Å². The van der Waals surface area contributed by atoms with Gasteiger partial charge in [-0.05, 0) is 63.2 Å². The standard InChI is InChI=1S/C20H31N5O/c1-19-10-20(11-19,12-19)25-17-13(8-21)9-22-18(24-17)23-14-2-4-15(5-3-14)26-16-6-7-16/h9,14-16H,2-8,10-12,21H2,1H3,(H2,22,23,24,25). The number of anilines is 2. The summed E-state index contributed by atoms with van der Waals surface area (Å²) in [6.07, 6.45) is 13.7. The molecule has 0 spiro atoms. The van der Waals surface area contributed by atoms with Crippen LogP contribution in [0.4, 0.5) is 11.8 Å². The molecule has 2 bridgehead atoms. The molecule has 0 aromatic carbocycles. The van der Waals surface area contributed by atoms with Crippen molar-refractivity contribution in [2.75, 3.05) is 10.6 Å². The fraction of sp³-hybridized carbons (Fsp3) is 0.800. The summed E-state index contributed by atoms with van der Waals surface area (Å²) in [5, 5.41) is 7.23. The first-order valence-electron chi connectivity index (χ1n) is 10.3. The average molecular weight is 358 g/mol. The monoisotopic (exact) mass is 357 g/mol. The smallest absolute Gasteiger partial charge is 0.224 e. The Morgan fingerprint density at radius 2 is 1.77 bits per heavy atom. The molecule has 5 saturated carbocycles. The van der Waals surface area contributed by atoms with E-state index >= 15 is 0 Å². The first kappa shape index (κ1) is 16.8. The molecule has 26 heavy (non-hydrogen) atoms. The summed E-state index contributed by atoms with van der Waals surface area (Å²) in [7, 11) is 0. The Kier molecular flexibility index (Phi) is 3.90. The van der Waals surface area contributed by atoms with Crippen molar-refractivity contribution < 1.29 is 4.74 Å². The molecule has 5 fully saturated rings. The van der Waals surface area contributed by atoms with Crippen LogP contribution in [0, 0.1) is 5.41 Å². The van der Waals surface area contributed by atoms with Crippen molar-refractivity contribution in [3.63, 3.8) is 0 Å². The fourth-order valence-corrected chi connectivity index (χ4v) is 5.42. The lowest BCUT2D eigenvalue weighted by atomic mass is 9.40. The van der Waals surface area contributed by atoms with Crippen LogP contribution in [0.1, 0.15) is 70.3 Å². The van der Waals surface area contributed by atoms with Gasteiger partial charge in [-0.3, -0.25) is 0 Å². The second kappa shape index (κ2) is 6.06. The topological polar surface area (TPSA) is 85.1 Å². The molecule has 4 N–H and O–H groups in total. The van der Waals surface area contributed by atoms with Crippen LogP contribution in [-0.4, -0.2) is 33.8 Å². The molecule has 1 aromatic rings. The molecule has 1 heterocycles. The second-order valence-corrected chi connectivity index (χ2v) is 9.47. The Bertz CT molecular complexity index is 661. The van der Waals surface area contributed by atoms with Gasteiger partial charge in [-0.25, -0.2) is 4.98 Å². The van der Waals surface area contributed by atoms with Gasteiger partial charge in [0.05, 0.1) is 12.2 Å². The number of rotatable bonds is 7. The van der Waals surface area contributed by atoms with E-state index in [0.717, 1.165) is 43.0 Å². The highest BCUT2D eigenvalue weighted by molar-refractivity contribution is 5.52. The van der Waals surface area contributed by atoms with Gasteiger partial charge in [0, 0.05) is 29.9 Å². The van der Waals surface area contributed by atoms with Crippen LogP contribution >= 0.6 is 0 Å². The number of aromatic nitrogens is 2. The maximum Gasteiger partial charge on any atom is 0.224 e. The highest BCUT2D eigenvalue weighted by Gasteiger charge is 2.65. The molecule has 0 radical (unpaired) electrons. The lowest BCUT2D eigenvalue weighted by Gasteiger charge is -2.69. The van der Waals surface area contributed by atoms with Crippen molar-refractivity contribution in [2.24, 2.45) is 11.1 Å². The van der Waals surface area contributed by atoms with E-state index in [4.69, 9.17) is 15.5 Å². The van der Waals surface area contributed by atoms with Crippen LogP contribution in [0.5, 0.6) is 0 Å². The molecule has 0 saturated heterocycles. The second-order valence-electron chi connectivity index (χ2n) is 9.47. The summed E-state index contributed by atoms with van der Waals surface area (Å²) < 4.78 is 6.05. The van der Waals surface area contributed by atoms with E-state index in [9.17, 15) is 0 Å². The van der Waals surface area contributed by atoms with Gasteiger partial charge in [0.15, 0.2) is 0 Å². The fourth-order valence-electron chi connectivity index (χ4n) is 5.42. The molecule has 0 unspecified atom stereocenters. The first-order chi connectivity index (χ1) is 12.5. The van der Waals surface area contributed by atoms with Crippen molar-refractivity contribution in [1.29, 1.82) is 0 Å². The molecule has 142 valence electrons. The van der Waals surface area contributed by atoms with Gasteiger partial charge in [-0.2, -0.15) is 4.98 Å². The van der Waals surface area contributed by atoms with E-state index in [1.54, 1.807) is 0 Å². The molecule has 1 aromatic heterocycles. The zero-order chi connectivity index (χ0) is 17.8. The maximum atomic E-state index is 6.05. The van der Waals surface area contributed by atoms with Crippen LogP contribution in [0.2, 0.25) is 0 Å². The van der Waals surface area contributed by atoms with Gasteiger partial charge < -0.3 is 21.1 Å². The van der Waals surface area contributed by atoms with E-state index < -0.39 is 0 Å². The third-order valence-corrected chi connectivity index (χ3v) is 6.68. The Hall–Kier alpha value is -1.40. The minimum absolute atomic E-state index is 0.266. The summed E-state index contributed by atoms with van der Waals surface area (Å²) in [5.41, 5.74) is 7.76. The molecule has 0 aliphatic heterocycles. The van der Waals surface area contributed by atoms with Gasteiger partial charge >= 0.3 is 0 Å². The maximum absolute atomic E-state index is 6.05. The van der Waals surface area contributed by atoms with E-state index in [1.807, 2.05) is 6.20 Å². The quantitative estimate of drug-likeness (QED) is 0.695. The molecular formula is C20H31N5O. The van der Waals surface area contributed by atoms with Crippen LogP contribution in [0.25, 0.3) is 0 Å². The van der Waals surface area contributed by atoms with Crippen LogP contribution in [0.3, 0.4) is 0 Å². The van der Waals surface area contributed by atoms with Crippen molar-refractivity contribution in [1.82, 2.24) is 9.97 Å². The number of nitrogens with two attached hydrogens (primary N) is 1. The molecule has 6 nitrogen and oxygen atoms in total. The summed E-state index contributed by atoms with van der Waals surface area (Å²) in [6, 6.07) is 0.444. The van der Waals surface area contributed by atoms with Crippen molar-refractivity contribution in [3.8, 4) is 0 Å². The summed E-state index contributed by atoms with van der Waals surface area (Å²) in [5.74, 6) is 1.66. The normalized spacial score (nSPS) is 38.2. The molecule has 6 rings (SSSR count). The van der Waals surface area contributed by atoms with Gasteiger partial charge in [-0.15, -0.1) is 0 Å². The Labute approximate surface area is 155 Å². The first-order valence-corrected chi connectivity index (χ1v) is 10.3. The zero-order valence-corrected chi connectivity index (χ0v) is 15.8. The van der Waals surface area contributed by atoms with Crippen LogP contribution in [0.15, 0.2) is 6.20 Å². The van der Waals surface area contributed by atoms with Crippen molar-refractivity contribution >= 4 is 11.8 Å². The predicted molar refractivity (Wildman–Crippen MR) is 102 cm³/mol. The molecule has 0 amide bonds. The lowest BCUT2D eigenvalue weighted by molar-refractivity contribution is -0.1000. The Morgan fingerprint density at radius 1 is 1.12 bits per heavy atom. The summed E-state index contributed by atoms with van der Waals surface area (Å²) in [6.45, 7) is 2.84. The SMILES string of the molecule is CC12CC(Nc3nc(NC4CCC(OC5CC5)CC4)ncc3CN)(C1)C2. The number of nitrogens with one attached hydrogen (secondary N) is 2. The van der Waals surface area contributed by atoms with Gasteiger partial charge in [0.25, 0.3) is 0 Å². The van der Waals surface area contributed by atoms with Crippen LogP contribution < -0.4 is 16.4 Å². The largest absolute Gasteiger partial charge is 0.375 e. The highest BCUT2D eigenvalue weighted by Crippen LogP contribution is 2.68. The molecule has 5 aliphatic rings. The summed E-state index contributed by atoms with van der Waals surface area (Å²) in [4.78, 5) is 9.29. The number of hydrogen-bond donors (Lipinski definition) is 3. The van der Waals surface area contributed by atoms with Crippen LogP contribution in [-0.2, 0) is 11.3 Å². The molecule has 6 heteroatoms. The number of hydrogen-bond acceptors (Lipinski definition) is 6. The highest BCUT2D eigenvalue weighted by atomic mass is 16.5. The zero-order valence-electron chi connectivity index (χ0n) is 15.8. The Balaban J connectivity index is 1.20. The molecule has 5 aliphatic carbocycles. The Morgan fingerprint density at radius 3 is 2.35 bits per heavy atom. The summed E-state index contributed by atoms with van der Waals surface area (Å²) >= 11 is 0. The predicted octanol–water partition coefficient (Wildman–Crippen LogP) is 3.19. The van der Waals surface area contributed by atoms with E-state index in [0.29, 0.717) is 30.2 Å². The minimum atomic E-state index is 0.266.